The zero-order chi connectivity index (χ0) is 21.5. The molecule has 9 nitrogen and oxygen atoms in total. The Morgan fingerprint density at radius 2 is 2.17 bits per heavy atom. The van der Waals surface area contributed by atoms with E-state index < -0.39 is 6.09 Å². The molecule has 0 spiro atoms. The molecule has 9 heteroatoms. The van der Waals surface area contributed by atoms with Gasteiger partial charge in [-0.3, -0.25) is 4.84 Å². The van der Waals surface area contributed by atoms with Crippen LogP contribution in [-0.2, 0) is 16.0 Å². The van der Waals surface area contributed by atoms with Gasteiger partial charge in [0, 0.05) is 31.1 Å². The minimum atomic E-state index is -1.20. The summed E-state index contributed by atoms with van der Waals surface area (Å²) < 4.78 is 5.38. The fraction of sp³-hybridized carbons (Fsp3) is 0.476. The van der Waals surface area contributed by atoms with Gasteiger partial charge in [-0.25, -0.2) is 9.78 Å². The Kier molecular flexibility index (Phi) is 7.42. The van der Waals surface area contributed by atoms with Crippen molar-refractivity contribution in [2.24, 2.45) is 0 Å². The van der Waals surface area contributed by atoms with Crippen molar-refractivity contribution in [2.75, 3.05) is 42.7 Å². The highest BCUT2D eigenvalue weighted by Crippen LogP contribution is 2.27. The van der Waals surface area contributed by atoms with E-state index >= 15 is 0 Å². The van der Waals surface area contributed by atoms with Crippen molar-refractivity contribution in [1.29, 1.82) is 0 Å². The summed E-state index contributed by atoms with van der Waals surface area (Å²) in [6, 6.07) is 9.27. The lowest BCUT2D eigenvalue weighted by atomic mass is 10.2. The first-order valence-corrected chi connectivity index (χ1v) is 10.1. The van der Waals surface area contributed by atoms with Crippen LogP contribution in [0.15, 0.2) is 30.3 Å². The molecule has 3 rings (SSSR count). The zero-order valence-corrected chi connectivity index (χ0v) is 17.7. The average molecular weight is 415 g/mol. The largest absolute Gasteiger partial charge is 0.463 e. The Hall–Kier alpha value is -2.91. The van der Waals surface area contributed by atoms with Gasteiger partial charge in [0.05, 0.1) is 25.4 Å². The molecule has 2 aromatic rings. The summed E-state index contributed by atoms with van der Waals surface area (Å²) in [5, 5.41) is 13.3. The van der Waals surface area contributed by atoms with Crippen molar-refractivity contribution >= 4 is 29.2 Å². The maximum Gasteiger partial charge on any atom is 0.436 e. The molecule has 1 aliphatic heterocycles. The molecule has 1 atom stereocenters. The highest BCUT2D eigenvalue weighted by atomic mass is 16.7. The van der Waals surface area contributed by atoms with E-state index in [1.54, 1.807) is 25.3 Å². The number of carboxylic acid groups (broad SMARTS) is 1. The van der Waals surface area contributed by atoms with Gasteiger partial charge in [0.1, 0.15) is 5.82 Å². The van der Waals surface area contributed by atoms with Gasteiger partial charge < -0.3 is 20.1 Å². The SMILES string of the molecule is CCCc1cc(N2CCCC2COC)nc(Nc2cccc(N(OC)C(=O)O)c2)n1. The number of nitrogens with one attached hydrogen (secondary N) is 1. The van der Waals surface area contributed by atoms with Gasteiger partial charge in [-0.1, -0.05) is 19.4 Å². The average Bonchev–Trinajstić information content (AvgIpc) is 3.17. The van der Waals surface area contributed by atoms with Crippen molar-refractivity contribution in [3.8, 4) is 0 Å². The number of rotatable bonds is 9. The molecular formula is C21H29N5O4. The normalized spacial score (nSPS) is 16.0. The number of hydroxylamine groups is 1. The smallest absolute Gasteiger partial charge is 0.436 e. The quantitative estimate of drug-likeness (QED) is 0.596. The maximum atomic E-state index is 11.3. The second-order valence-corrected chi connectivity index (χ2v) is 7.17. The fourth-order valence-corrected chi connectivity index (χ4v) is 3.71. The number of nitrogens with zero attached hydrogens (tertiary/aromatic N) is 4. The lowest BCUT2D eigenvalue weighted by molar-refractivity contribution is 0.130. The second kappa shape index (κ2) is 10.2. The molecule has 1 unspecified atom stereocenters. The van der Waals surface area contributed by atoms with E-state index in [2.05, 4.69) is 28.2 Å². The lowest BCUT2D eigenvalue weighted by Crippen LogP contribution is -2.33. The topological polar surface area (TPSA) is 100 Å². The van der Waals surface area contributed by atoms with E-state index in [4.69, 9.17) is 14.6 Å². The molecule has 2 N–H and O–H groups in total. The van der Waals surface area contributed by atoms with Crippen LogP contribution in [0, 0.1) is 0 Å². The minimum Gasteiger partial charge on any atom is -0.463 e. The molecule has 30 heavy (non-hydrogen) atoms. The molecule has 2 heterocycles. The number of aromatic nitrogens is 2. The van der Waals surface area contributed by atoms with E-state index in [0.29, 0.717) is 30.0 Å². The third-order valence-electron chi connectivity index (χ3n) is 5.00. The monoisotopic (exact) mass is 415 g/mol. The number of benzene rings is 1. The molecule has 1 aromatic carbocycles. The molecule has 0 bridgehead atoms. The number of hydrogen-bond acceptors (Lipinski definition) is 7. The van der Waals surface area contributed by atoms with Gasteiger partial charge in [0.25, 0.3) is 0 Å². The van der Waals surface area contributed by atoms with E-state index in [1.165, 1.54) is 7.11 Å². The number of carbonyl (C=O) groups is 1. The van der Waals surface area contributed by atoms with E-state index in [9.17, 15) is 9.90 Å². The van der Waals surface area contributed by atoms with Crippen LogP contribution in [0.25, 0.3) is 0 Å². The van der Waals surface area contributed by atoms with Crippen LogP contribution in [0.2, 0.25) is 0 Å². The highest BCUT2D eigenvalue weighted by molar-refractivity contribution is 5.84. The van der Waals surface area contributed by atoms with Crippen LogP contribution in [-0.4, -0.2) is 54.6 Å². The van der Waals surface area contributed by atoms with Crippen LogP contribution < -0.4 is 15.3 Å². The van der Waals surface area contributed by atoms with Gasteiger partial charge >= 0.3 is 6.09 Å². The summed E-state index contributed by atoms with van der Waals surface area (Å²) >= 11 is 0. The lowest BCUT2D eigenvalue weighted by Gasteiger charge is -2.26. The summed E-state index contributed by atoms with van der Waals surface area (Å²) in [6.45, 7) is 3.72. The molecule has 1 amide bonds. The van der Waals surface area contributed by atoms with Crippen molar-refractivity contribution in [3.05, 3.63) is 36.0 Å². The van der Waals surface area contributed by atoms with Crippen molar-refractivity contribution in [2.45, 2.75) is 38.6 Å². The Labute approximate surface area is 176 Å². The Balaban J connectivity index is 1.89. The molecule has 0 radical (unpaired) electrons. The van der Waals surface area contributed by atoms with Gasteiger partial charge in [-0.05, 0) is 37.5 Å². The molecule has 0 aliphatic carbocycles. The molecule has 0 saturated carbocycles. The summed E-state index contributed by atoms with van der Waals surface area (Å²) in [7, 11) is 3.03. The van der Waals surface area contributed by atoms with Gasteiger partial charge in [0.2, 0.25) is 5.95 Å². The van der Waals surface area contributed by atoms with Crippen LogP contribution in [0.1, 0.15) is 31.9 Å². The Morgan fingerprint density at radius 3 is 2.87 bits per heavy atom. The third kappa shape index (κ3) is 5.17. The number of anilines is 4. The van der Waals surface area contributed by atoms with Crippen molar-refractivity contribution < 1.29 is 19.5 Å². The standard InChI is InChI=1S/C21H29N5O4/c1-4-7-15-13-19(25-11-6-10-18(25)14-29-2)24-20(22-15)23-16-8-5-9-17(12-16)26(30-3)21(27)28/h5,8-9,12-13,18H,4,6-7,10-11,14H2,1-3H3,(H,27,28)(H,22,23,24). The van der Waals surface area contributed by atoms with E-state index in [0.717, 1.165) is 48.8 Å². The van der Waals surface area contributed by atoms with E-state index in [1.807, 2.05) is 6.07 Å². The first kappa shape index (κ1) is 21.8. The minimum absolute atomic E-state index is 0.307. The number of methoxy groups -OCH3 is 1. The number of amides is 1. The summed E-state index contributed by atoms with van der Waals surface area (Å²) in [4.78, 5) is 27.9. The molecule has 1 aromatic heterocycles. The van der Waals surface area contributed by atoms with Crippen LogP contribution >= 0.6 is 0 Å². The van der Waals surface area contributed by atoms with Crippen LogP contribution in [0.5, 0.6) is 0 Å². The highest BCUT2D eigenvalue weighted by Gasteiger charge is 2.26. The van der Waals surface area contributed by atoms with Crippen molar-refractivity contribution in [1.82, 2.24) is 9.97 Å². The maximum absolute atomic E-state index is 11.3. The Morgan fingerprint density at radius 1 is 1.33 bits per heavy atom. The molecule has 1 saturated heterocycles. The number of hydrogen-bond donors (Lipinski definition) is 2. The van der Waals surface area contributed by atoms with Gasteiger partial charge in [0.15, 0.2) is 0 Å². The predicted octanol–water partition coefficient (Wildman–Crippen LogP) is 3.83. The van der Waals surface area contributed by atoms with Gasteiger partial charge in [-0.15, -0.1) is 0 Å². The van der Waals surface area contributed by atoms with Crippen LogP contribution in [0.3, 0.4) is 0 Å². The summed E-state index contributed by atoms with van der Waals surface area (Å²) in [6.07, 6.45) is 2.82. The first-order valence-electron chi connectivity index (χ1n) is 10.1. The third-order valence-corrected chi connectivity index (χ3v) is 5.00. The molecule has 162 valence electrons. The fourth-order valence-electron chi connectivity index (χ4n) is 3.71. The van der Waals surface area contributed by atoms with E-state index in [-0.39, 0.29) is 0 Å². The summed E-state index contributed by atoms with van der Waals surface area (Å²) in [5.74, 6) is 1.37. The van der Waals surface area contributed by atoms with Gasteiger partial charge in [-0.2, -0.15) is 10.0 Å². The summed E-state index contributed by atoms with van der Waals surface area (Å²) in [5.41, 5.74) is 2.03. The number of aryl methyl sites for hydroxylation is 1. The molecule has 1 aliphatic rings. The molecular weight excluding hydrogens is 386 g/mol. The Bertz CT molecular complexity index is 863. The van der Waals surface area contributed by atoms with Crippen LogP contribution in [0.4, 0.5) is 27.9 Å². The first-order chi connectivity index (χ1) is 14.5. The predicted molar refractivity (Wildman–Crippen MR) is 116 cm³/mol. The molecule has 1 fully saturated rings. The number of ether oxygens (including phenoxy) is 1. The zero-order valence-electron chi connectivity index (χ0n) is 17.7. The second-order valence-electron chi connectivity index (χ2n) is 7.17. The van der Waals surface area contributed by atoms with Crippen molar-refractivity contribution in [3.63, 3.8) is 0 Å².